The number of nitrogens with zero attached hydrogens (tertiary/aromatic N) is 1. The molecule has 4 aromatic carbocycles. The van der Waals surface area contributed by atoms with Crippen LogP contribution >= 0.6 is 23.2 Å². The van der Waals surface area contributed by atoms with Gasteiger partial charge in [-0.05, 0) is 70.3 Å². The van der Waals surface area contributed by atoms with E-state index in [0.29, 0.717) is 22.2 Å². The number of nitriles is 1. The predicted molar refractivity (Wildman–Crippen MR) is 132 cm³/mol. The highest BCUT2D eigenvalue weighted by Gasteiger charge is 2.14. The molecule has 0 spiro atoms. The third-order valence-electron chi connectivity index (χ3n) is 5.16. The lowest BCUT2D eigenvalue weighted by Gasteiger charge is -2.12. The maximum atomic E-state index is 12.8. The van der Waals surface area contributed by atoms with Crippen LogP contribution in [0.4, 0.5) is 5.69 Å². The SMILES string of the molecule is N#C/C(=C\c1c(Cc2ccccc2Cl)ccc2ccccc12)C(=O)Nc1ccc(Cl)cc1. The third kappa shape index (κ3) is 4.84. The van der Waals surface area contributed by atoms with Crippen molar-refractivity contribution in [3.05, 3.63) is 117 Å². The molecule has 0 fully saturated rings. The Hall–Kier alpha value is -3.58. The van der Waals surface area contributed by atoms with Gasteiger partial charge in [0.05, 0.1) is 0 Å². The van der Waals surface area contributed by atoms with Gasteiger partial charge in [-0.15, -0.1) is 0 Å². The number of amides is 1. The smallest absolute Gasteiger partial charge is 0.266 e. The van der Waals surface area contributed by atoms with Crippen molar-refractivity contribution in [2.45, 2.75) is 6.42 Å². The van der Waals surface area contributed by atoms with Crippen LogP contribution in [-0.4, -0.2) is 5.91 Å². The number of anilines is 1. The molecule has 0 unspecified atom stereocenters. The van der Waals surface area contributed by atoms with Crippen molar-refractivity contribution < 1.29 is 4.79 Å². The molecule has 1 amide bonds. The van der Waals surface area contributed by atoms with Crippen LogP contribution in [0.3, 0.4) is 0 Å². The molecule has 0 saturated heterocycles. The zero-order valence-electron chi connectivity index (χ0n) is 17.0. The zero-order chi connectivity index (χ0) is 22.5. The van der Waals surface area contributed by atoms with Crippen molar-refractivity contribution in [2.24, 2.45) is 0 Å². The second-order valence-corrected chi connectivity index (χ2v) is 8.10. The molecule has 5 heteroatoms. The number of carbonyl (C=O) groups excluding carboxylic acids is 1. The lowest BCUT2D eigenvalue weighted by molar-refractivity contribution is -0.112. The molecular formula is C27H18Cl2N2O. The topological polar surface area (TPSA) is 52.9 Å². The second-order valence-electron chi connectivity index (χ2n) is 7.26. The molecule has 0 atom stereocenters. The first-order valence-electron chi connectivity index (χ1n) is 9.98. The highest BCUT2D eigenvalue weighted by molar-refractivity contribution is 6.31. The van der Waals surface area contributed by atoms with Crippen LogP contribution in [0.5, 0.6) is 0 Å². The Kier molecular flexibility index (Phi) is 6.56. The number of carbonyl (C=O) groups is 1. The fourth-order valence-electron chi connectivity index (χ4n) is 3.54. The molecule has 0 saturated carbocycles. The summed E-state index contributed by atoms with van der Waals surface area (Å²) < 4.78 is 0. The molecule has 32 heavy (non-hydrogen) atoms. The molecule has 0 aromatic heterocycles. The lowest BCUT2D eigenvalue weighted by atomic mass is 9.93. The zero-order valence-corrected chi connectivity index (χ0v) is 18.5. The summed E-state index contributed by atoms with van der Waals surface area (Å²) in [5, 5.41) is 15.7. The van der Waals surface area contributed by atoms with E-state index in [1.54, 1.807) is 30.3 Å². The fraction of sp³-hybridized carbons (Fsp3) is 0.0370. The summed E-state index contributed by atoms with van der Waals surface area (Å²) in [5.74, 6) is -0.480. The summed E-state index contributed by atoms with van der Waals surface area (Å²) >= 11 is 12.3. The molecule has 156 valence electrons. The van der Waals surface area contributed by atoms with Gasteiger partial charge >= 0.3 is 0 Å². The molecular weight excluding hydrogens is 439 g/mol. The minimum Gasteiger partial charge on any atom is -0.321 e. The molecule has 0 aliphatic carbocycles. The predicted octanol–water partition coefficient (Wildman–Crippen LogP) is 7.28. The van der Waals surface area contributed by atoms with Crippen LogP contribution in [0.2, 0.25) is 10.0 Å². The van der Waals surface area contributed by atoms with Gasteiger partial charge in [0.1, 0.15) is 11.6 Å². The normalized spacial score (nSPS) is 11.2. The largest absolute Gasteiger partial charge is 0.321 e. The Morgan fingerprint density at radius 3 is 2.34 bits per heavy atom. The summed E-state index contributed by atoms with van der Waals surface area (Å²) in [6.07, 6.45) is 2.23. The molecule has 0 heterocycles. The Balaban J connectivity index is 1.77. The van der Waals surface area contributed by atoms with Crippen molar-refractivity contribution >= 4 is 51.6 Å². The Morgan fingerprint density at radius 1 is 0.875 bits per heavy atom. The Morgan fingerprint density at radius 2 is 1.59 bits per heavy atom. The first kappa shape index (κ1) is 21.6. The van der Waals surface area contributed by atoms with Crippen molar-refractivity contribution in [3.63, 3.8) is 0 Å². The minimum atomic E-state index is -0.480. The van der Waals surface area contributed by atoms with E-state index in [4.69, 9.17) is 23.2 Å². The molecule has 4 aromatic rings. The van der Waals surface area contributed by atoms with Crippen molar-refractivity contribution in [1.82, 2.24) is 0 Å². The van der Waals surface area contributed by atoms with Gasteiger partial charge in [-0.25, -0.2) is 0 Å². The van der Waals surface area contributed by atoms with E-state index in [1.165, 1.54) is 0 Å². The van der Waals surface area contributed by atoms with Crippen LogP contribution in [0.25, 0.3) is 16.8 Å². The average Bonchev–Trinajstić information content (AvgIpc) is 2.81. The Labute approximate surface area is 196 Å². The van der Waals surface area contributed by atoms with Crippen LogP contribution in [0, 0.1) is 11.3 Å². The van der Waals surface area contributed by atoms with Crippen molar-refractivity contribution in [3.8, 4) is 6.07 Å². The first-order chi connectivity index (χ1) is 15.5. The second kappa shape index (κ2) is 9.70. The van der Waals surface area contributed by atoms with Crippen molar-refractivity contribution in [1.29, 1.82) is 5.26 Å². The summed E-state index contributed by atoms with van der Waals surface area (Å²) in [6.45, 7) is 0. The van der Waals surface area contributed by atoms with Gasteiger partial charge in [-0.1, -0.05) is 77.8 Å². The van der Waals surface area contributed by atoms with Crippen LogP contribution < -0.4 is 5.32 Å². The maximum Gasteiger partial charge on any atom is 0.266 e. The van der Waals surface area contributed by atoms with Gasteiger partial charge in [0.25, 0.3) is 5.91 Å². The van der Waals surface area contributed by atoms with Gasteiger partial charge in [0, 0.05) is 15.7 Å². The minimum absolute atomic E-state index is 0.0108. The maximum absolute atomic E-state index is 12.8. The quantitative estimate of drug-likeness (QED) is 0.253. The van der Waals surface area contributed by atoms with E-state index >= 15 is 0 Å². The number of benzene rings is 4. The molecule has 1 N–H and O–H groups in total. The number of halogens is 2. The molecule has 0 bridgehead atoms. The lowest BCUT2D eigenvalue weighted by Crippen LogP contribution is -2.13. The highest BCUT2D eigenvalue weighted by Crippen LogP contribution is 2.29. The number of hydrogen-bond acceptors (Lipinski definition) is 2. The Bertz CT molecular complexity index is 1370. The molecule has 0 radical (unpaired) electrons. The van der Waals surface area contributed by atoms with E-state index in [2.05, 4.69) is 5.32 Å². The standard InChI is InChI=1S/C27H18Cl2N2O/c28-22-11-13-23(14-12-22)31-27(32)21(17-30)16-25-19(15-20-6-2-4-8-26(20)29)10-9-18-5-1-3-7-24(18)25/h1-14,16H,15H2,(H,31,32)/b21-16+. The fourth-order valence-corrected chi connectivity index (χ4v) is 3.87. The van der Waals surface area contributed by atoms with Gasteiger partial charge in [0.15, 0.2) is 0 Å². The molecule has 0 aliphatic rings. The number of fused-ring (bicyclic) bond motifs is 1. The van der Waals surface area contributed by atoms with Gasteiger partial charge in [-0.3, -0.25) is 4.79 Å². The molecule has 4 rings (SSSR count). The summed E-state index contributed by atoms with van der Waals surface area (Å²) in [7, 11) is 0. The monoisotopic (exact) mass is 456 g/mol. The highest BCUT2D eigenvalue weighted by atomic mass is 35.5. The summed E-state index contributed by atoms with van der Waals surface area (Å²) in [5.41, 5.74) is 3.35. The van der Waals surface area contributed by atoms with Crippen molar-refractivity contribution in [2.75, 3.05) is 5.32 Å². The summed E-state index contributed by atoms with van der Waals surface area (Å²) in [6, 6.07) is 28.4. The van der Waals surface area contributed by atoms with Gasteiger partial charge in [0.2, 0.25) is 0 Å². The average molecular weight is 457 g/mol. The number of nitrogens with one attached hydrogen (secondary N) is 1. The van der Waals surface area contributed by atoms with Gasteiger partial charge < -0.3 is 5.32 Å². The number of hydrogen-bond donors (Lipinski definition) is 1. The van der Waals surface area contributed by atoms with E-state index < -0.39 is 5.91 Å². The van der Waals surface area contributed by atoms with E-state index in [9.17, 15) is 10.1 Å². The van der Waals surface area contributed by atoms with Crippen LogP contribution in [-0.2, 0) is 11.2 Å². The van der Waals surface area contributed by atoms with Crippen LogP contribution in [0.15, 0.2) is 90.5 Å². The van der Waals surface area contributed by atoms with E-state index in [0.717, 1.165) is 27.5 Å². The van der Waals surface area contributed by atoms with E-state index in [1.807, 2.05) is 66.7 Å². The number of rotatable bonds is 5. The molecule has 3 nitrogen and oxygen atoms in total. The third-order valence-corrected chi connectivity index (χ3v) is 5.78. The van der Waals surface area contributed by atoms with Crippen LogP contribution in [0.1, 0.15) is 16.7 Å². The first-order valence-corrected chi connectivity index (χ1v) is 10.7. The summed E-state index contributed by atoms with van der Waals surface area (Å²) in [4.78, 5) is 12.8. The molecule has 0 aliphatic heterocycles. The van der Waals surface area contributed by atoms with Gasteiger partial charge in [-0.2, -0.15) is 5.26 Å². The van der Waals surface area contributed by atoms with E-state index in [-0.39, 0.29) is 5.57 Å².